The van der Waals surface area contributed by atoms with Crippen LogP contribution in [0.1, 0.15) is 28.8 Å². The second-order valence-electron chi connectivity index (χ2n) is 5.17. The van der Waals surface area contributed by atoms with E-state index in [1.807, 2.05) is 18.2 Å². The van der Waals surface area contributed by atoms with E-state index in [1.165, 1.54) is 6.07 Å². The Morgan fingerprint density at radius 3 is 2.62 bits per heavy atom. The van der Waals surface area contributed by atoms with Gasteiger partial charge in [0.1, 0.15) is 11.8 Å². The maximum Gasteiger partial charge on any atom is 0.251 e. The van der Waals surface area contributed by atoms with Gasteiger partial charge in [0.25, 0.3) is 5.91 Å². The van der Waals surface area contributed by atoms with Crippen LogP contribution in [0, 0.1) is 11.3 Å². The van der Waals surface area contributed by atoms with Crippen molar-refractivity contribution < 1.29 is 9.90 Å². The van der Waals surface area contributed by atoms with Gasteiger partial charge in [-0.2, -0.15) is 5.26 Å². The van der Waals surface area contributed by atoms with Gasteiger partial charge in [0, 0.05) is 11.6 Å². The van der Waals surface area contributed by atoms with Crippen molar-refractivity contribution in [3.8, 4) is 22.9 Å². The zero-order chi connectivity index (χ0) is 14.8. The SMILES string of the molecule is N#Cc1ccc(-c2cccc(C(=O)NC3CC3)c2)cc1O. The molecule has 21 heavy (non-hydrogen) atoms. The average molecular weight is 278 g/mol. The summed E-state index contributed by atoms with van der Waals surface area (Å²) < 4.78 is 0. The summed E-state index contributed by atoms with van der Waals surface area (Å²) in [6.45, 7) is 0. The van der Waals surface area contributed by atoms with Crippen LogP contribution in [-0.2, 0) is 0 Å². The molecule has 0 aliphatic heterocycles. The highest BCUT2D eigenvalue weighted by molar-refractivity contribution is 5.95. The van der Waals surface area contributed by atoms with E-state index in [-0.39, 0.29) is 17.2 Å². The van der Waals surface area contributed by atoms with Crippen LogP contribution in [-0.4, -0.2) is 17.1 Å². The third-order valence-corrected chi connectivity index (χ3v) is 3.49. The Labute approximate surface area is 122 Å². The third kappa shape index (κ3) is 2.87. The molecule has 1 aliphatic carbocycles. The molecule has 0 spiro atoms. The molecular weight excluding hydrogens is 264 g/mol. The van der Waals surface area contributed by atoms with E-state index >= 15 is 0 Å². The number of hydrogen-bond donors (Lipinski definition) is 2. The molecule has 1 fully saturated rings. The molecule has 1 saturated carbocycles. The fraction of sp³-hybridized carbons (Fsp3) is 0.176. The van der Waals surface area contributed by atoms with Gasteiger partial charge in [0.05, 0.1) is 5.56 Å². The van der Waals surface area contributed by atoms with Gasteiger partial charge in [-0.25, -0.2) is 0 Å². The molecule has 3 rings (SSSR count). The number of hydrogen-bond acceptors (Lipinski definition) is 3. The van der Waals surface area contributed by atoms with Crippen LogP contribution < -0.4 is 5.32 Å². The van der Waals surface area contributed by atoms with Gasteiger partial charge in [0.15, 0.2) is 0 Å². The lowest BCUT2D eigenvalue weighted by atomic mass is 10.0. The van der Waals surface area contributed by atoms with Crippen LogP contribution in [0.2, 0.25) is 0 Å². The molecule has 2 N–H and O–H groups in total. The lowest BCUT2D eigenvalue weighted by Crippen LogP contribution is -2.25. The zero-order valence-corrected chi connectivity index (χ0v) is 11.3. The van der Waals surface area contributed by atoms with Crippen LogP contribution in [0.4, 0.5) is 0 Å². The fourth-order valence-corrected chi connectivity index (χ4v) is 2.14. The fourth-order valence-electron chi connectivity index (χ4n) is 2.14. The number of rotatable bonds is 3. The Morgan fingerprint density at radius 1 is 1.19 bits per heavy atom. The molecule has 2 aromatic carbocycles. The van der Waals surface area contributed by atoms with E-state index in [0.717, 1.165) is 24.0 Å². The number of benzene rings is 2. The first-order chi connectivity index (χ1) is 10.2. The second kappa shape index (κ2) is 5.29. The molecule has 104 valence electrons. The van der Waals surface area contributed by atoms with Crippen molar-refractivity contribution in [1.29, 1.82) is 5.26 Å². The molecule has 0 aromatic heterocycles. The summed E-state index contributed by atoms with van der Waals surface area (Å²) in [5.74, 6) is -0.125. The minimum absolute atomic E-state index is 0.0529. The molecule has 0 saturated heterocycles. The number of carbonyl (C=O) groups excluding carboxylic acids is 1. The van der Waals surface area contributed by atoms with Crippen molar-refractivity contribution in [3.05, 3.63) is 53.6 Å². The Bertz CT molecular complexity index is 743. The number of carbonyl (C=O) groups is 1. The van der Waals surface area contributed by atoms with E-state index in [1.54, 1.807) is 24.3 Å². The molecule has 0 atom stereocenters. The first kappa shape index (κ1) is 13.2. The molecule has 2 aromatic rings. The van der Waals surface area contributed by atoms with E-state index in [0.29, 0.717) is 11.6 Å². The Kier molecular flexibility index (Phi) is 3.33. The second-order valence-corrected chi connectivity index (χ2v) is 5.17. The van der Waals surface area contributed by atoms with Crippen molar-refractivity contribution in [1.82, 2.24) is 5.32 Å². The summed E-state index contributed by atoms with van der Waals surface area (Å²) in [5.41, 5.74) is 2.44. The first-order valence-electron chi connectivity index (χ1n) is 6.82. The Morgan fingerprint density at radius 2 is 1.95 bits per heavy atom. The van der Waals surface area contributed by atoms with Crippen LogP contribution in [0.25, 0.3) is 11.1 Å². The topological polar surface area (TPSA) is 73.1 Å². The summed E-state index contributed by atoms with van der Waals surface area (Å²) in [6.07, 6.45) is 2.10. The smallest absolute Gasteiger partial charge is 0.251 e. The highest BCUT2D eigenvalue weighted by atomic mass is 16.3. The van der Waals surface area contributed by atoms with E-state index in [9.17, 15) is 9.90 Å². The van der Waals surface area contributed by atoms with Crippen LogP contribution in [0.5, 0.6) is 5.75 Å². The van der Waals surface area contributed by atoms with Crippen molar-refractivity contribution in [3.63, 3.8) is 0 Å². The highest BCUT2D eigenvalue weighted by Gasteiger charge is 2.23. The predicted octanol–water partition coefficient (Wildman–Crippen LogP) is 2.82. The summed E-state index contributed by atoms with van der Waals surface area (Å²) in [4.78, 5) is 12.0. The third-order valence-electron chi connectivity index (χ3n) is 3.49. The molecular formula is C17H14N2O2. The van der Waals surface area contributed by atoms with Crippen LogP contribution in [0.15, 0.2) is 42.5 Å². The molecule has 0 unspecified atom stereocenters. The summed E-state index contributed by atoms with van der Waals surface area (Å²) >= 11 is 0. The molecule has 0 heterocycles. The van der Waals surface area contributed by atoms with Crippen molar-refractivity contribution in [2.45, 2.75) is 18.9 Å². The van der Waals surface area contributed by atoms with Crippen LogP contribution in [0.3, 0.4) is 0 Å². The van der Waals surface area contributed by atoms with Gasteiger partial charge in [-0.05, 0) is 48.2 Å². The van der Waals surface area contributed by atoms with Gasteiger partial charge in [0.2, 0.25) is 0 Å². The van der Waals surface area contributed by atoms with Crippen molar-refractivity contribution >= 4 is 5.91 Å². The lowest BCUT2D eigenvalue weighted by Gasteiger charge is -2.07. The monoisotopic (exact) mass is 278 g/mol. The minimum atomic E-state index is -0.0720. The van der Waals surface area contributed by atoms with Gasteiger partial charge in [-0.15, -0.1) is 0 Å². The molecule has 0 radical (unpaired) electrons. The van der Waals surface area contributed by atoms with Crippen molar-refractivity contribution in [2.75, 3.05) is 0 Å². The largest absolute Gasteiger partial charge is 0.507 e. The predicted molar refractivity (Wildman–Crippen MR) is 78.7 cm³/mol. The molecule has 4 heteroatoms. The zero-order valence-electron chi connectivity index (χ0n) is 11.3. The minimum Gasteiger partial charge on any atom is -0.507 e. The van der Waals surface area contributed by atoms with Gasteiger partial charge < -0.3 is 10.4 Å². The summed E-state index contributed by atoms with van der Waals surface area (Å²) in [5, 5.41) is 21.5. The Hall–Kier alpha value is -2.80. The van der Waals surface area contributed by atoms with Gasteiger partial charge in [-0.3, -0.25) is 4.79 Å². The number of nitrogens with one attached hydrogen (secondary N) is 1. The standard InChI is InChI=1S/C17H14N2O2/c18-10-14-5-4-12(9-16(14)20)11-2-1-3-13(8-11)17(21)19-15-6-7-15/h1-5,8-9,15,20H,6-7H2,(H,19,21). The van der Waals surface area contributed by atoms with E-state index in [2.05, 4.69) is 5.32 Å². The van der Waals surface area contributed by atoms with E-state index in [4.69, 9.17) is 5.26 Å². The molecule has 1 aliphatic rings. The number of aromatic hydroxyl groups is 1. The first-order valence-corrected chi connectivity index (χ1v) is 6.82. The van der Waals surface area contributed by atoms with E-state index < -0.39 is 0 Å². The van der Waals surface area contributed by atoms with Crippen molar-refractivity contribution in [2.24, 2.45) is 0 Å². The number of nitriles is 1. The quantitative estimate of drug-likeness (QED) is 0.906. The maximum absolute atomic E-state index is 12.0. The number of nitrogens with zero attached hydrogens (tertiary/aromatic N) is 1. The normalized spacial score (nSPS) is 13.5. The lowest BCUT2D eigenvalue weighted by molar-refractivity contribution is 0.0951. The number of amides is 1. The highest BCUT2D eigenvalue weighted by Crippen LogP contribution is 2.27. The maximum atomic E-state index is 12.0. The number of phenols is 1. The molecule has 4 nitrogen and oxygen atoms in total. The van der Waals surface area contributed by atoms with Crippen LogP contribution >= 0.6 is 0 Å². The summed E-state index contributed by atoms with van der Waals surface area (Å²) in [6, 6.07) is 14.3. The Balaban J connectivity index is 1.90. The molecule has 1 amide bonds. The van der Waals surface area contributed by atoms with Gasteiger partial charge in [-0.1, -0.05) is 18.2 Å². The summed E-state index contributed by atoms with van der Waals surface area (Å²) in [7, 11) is 0. The number of phenolic OH excluding ortho intramolecular Hbond substituents is 1. The van der Waals surface area contributed by atoms with Gasteiger partial charge >= 0.3 is 0 Å². The average Bonchev–Trinajstić information content (AvgIpc) is 3.31. The molecule has 0 bridgehead atoms.